The van der Waals surface area contributed by atoms with Gasteiger partial charge < -0.3 is 30.3 Å². The number of carboxylic acid groups (broad SMARTS) is 1. The molecule has 0 saturated heterocycles. The van der Waals surface area contributed by atoms with Crippen molar-refractivity contribution in [2.75, 3.05) is 0 Å². The quantitative estimate of drug-likeness (QED) is 0.272. The van der Waals surface area contributed by atoms with Crippen LogP contribution in [0.25, 0.3) is 0 Å². The Labute approximate surface area is 219 Å². The number of aromatic amines is 2. The number of benzene rings is 2. The van der Waals surface area contributed by atoms with Gasteiger partial charge in [0.1, 0.15) is 13.2 Å². The molecule has 4 aromatic rings. The fourth-order valence-electron chi connectivity index (χ4n) is 3.02. The van der Waals surface area contributed by atoms with Crippen molar-refractivity contribution in [2.24, 2.45) is 5.73 Å². The summed E-state index contributed by atoms with van der Waals surface area (Å²) in [7, 11) is 0. The molecule has 0 bridgehead atoms. The number of nitrogens with two attached hydrogens (primary N) is 1. The van der Waals surface area contributed by atoms with Crippen LogP contribution in [0.1, 0.15) is 47.0 Å². The van der Waals surface area contributed by atoms with Crippen molar-refractivity contribution in [3.63, 3.8) is 0 Å². The number of hydrogen-bond acceptors (Lipinski definition) is 6. The lowest BCUT2D eigenvalue weighted by atomic mass is 10.2. The van der Waals surface area contributed by atoms with Crippen molar-refractivity contribution < 1.29 is 24.2 Å². The van der Waals surface area contributed by atoms with Crippen molar-refractivity contribution in [2.45, 2.75) is 28.1 Å². The molecule has 0 fully saturated rings. The normalized spacial score (nSPS) is 9.47. The van der Waals surface area contributed by atoms with Crippen LogP contribution in [0, 0.1) is 0 Å². The maximum Gasteiger partial charge on any atom is 0.356 e. The Morgan fingerprint density at radius 2 is 1.08 bits per heavy atom. The smallest absolute Gasteiger partial charge is 0.356 e. The van der Waals surface area contributed by atoms with E-state index in [2.05, 4.69) is 9.97 Å². The Balaban J connectivity index is 0.000000361. The Hall–Kier alpha value is -5.12. The average molecular weight is 522 g/mol. The van der Waals surface area contributed by atoms with Crippen molar-refractivity contribution in [3.05, 3.63) is 128 Å². The summed E-state index contributed by atoms with van der Waals surface area (Å²) in [5, 5.41) is 8.94. The number of rotatable bonds is 8. The fourth-order valence-corrected chi connectivity index (χ4v) is 3.02. The highest BCUT2D eigenvalue weighted by molar-refractivity contribution is 5.93. The van der Waals surface area contributed by atoms with Gasteiger partial charge in [-0.2, -0.15) is 0 Å². The van der Waals surface area contributed by atoms with Crippen LogP contribution in [0.15, 0.2) is 94.8 Å². The van der Waals surface area contributed by atoms with E-state index in [4.69, 9.17) is 20.3 Å². The molecule has 0 unspecified atom stereocenters. The molecule has 0 atom stereocenters. The molecule has 2 aromatic heterocycles. The zero-order valence-electron chi connectivity index (χ0n) is 19.0. The Morgan fingerprint density at radius 3 is 1.47 bits per heavy atom. The lowest BCUT2D eigenvalue weighted by Gasteiger charge is -2.08. The van der Waals surface area contributed by atoms with Gasteiger partial charge in [0.15, 0.2) is 22.9 Å². The number of amides is 1. The molecule has 5 N–H and O–H groups in total. The number of carboxylic acids is 1. The summed E-state index contributed by atoms with van der Waals surface area (Å²) in [6.45, 7) is 0.350. The highest BCUT2D eigenvalue weighted by Gasteiger charge is 2.15. The zero-order chi connectivity index (χ0) is 25.9. The molecule has 38 heavy (non-hydrogen) atoms. The number of carbonyl (C=O) groups excluding carboxylic acids is 1. The third kappa shape index (κ3) is 8.52. The molecule has 0 aliphatic rings. The Kier molecular flexibility index (Phi) is 12.3. The van der Waals surface area contributed by atoms with Gasteiger partial charge in [-0.25, -0.2) is 4.79 Å². The van der Waals surface area contributed by atoms with Gasteiger partial charge in [-0.3, -0.25) is 14.4 Å². The highest BCUT2D eigenvalue weighted by atomic mass is 16.5. The maximum atomic E-state index is 11.6. The van der Waals surface area contributed by atoms with Crippen LogP contribution in [-0.4, -0.2) is 27.0 Å². The molecule has 200 valence electrons. The first-order valence-corrected chi connectivity index (χ1v) is 10.7. The van der Waals surface area contributed by atoms with Gasteiger partial charge in [-0.1, -0.05) is 75.5 Å². The molecule has 0 radical (unpaired) electrons. The maximum absolute atomic E-state index is 11.6. The molecule has 0 spiro atoms. The molecule has 0 aliphatic heterocycles. The van der Waals surface area contributed by atoms with Crippen LogP contribution in [0.2, 0.25) is 0 Å². The van der Waals surface area contributed by atoms with Crippen molar-refractivity contribution in [1.82, 2.24) is 9.97 Å². The van der Waals surface area contributed by atoms with E-state index >= 15 is 0 Å². The molecule has 2 heterocycles. The van der Waals surface area contributed by atoms with Crippen LogP contribution in [0.5, 0.6) is 11.5 Å². The fraction of sp³-hybridized carbons (Fsp3) is 0.143. The van der Waals surface area contributed by atoms with E-state index in [1.165, 1.54) is 24.5 Å². The van der Waals surface area contributed by atoms with Gasteiger partial charge in [0, 0.05) is 24.5 Å². The molecular weight excluding hydrogens is 490 g/mol. The topological polar surface area (TPSA) is 165 Å². The van der Waals surface area contributed by atoms with Gasteiger partial charge in [-0.15, -0.1) is 0 Å². The molecule has 2 aromatic carbocycles. The molecule has 0 aliphatic carbocycles. The SMILES string of the molecule is C.C.NC(=O)c1[nH]ccc(=O)c1OCc1ccccc1.O=C(O)c1[nH]ccc(=O)c1OCc1ccccc1. The molecule has 10 heteroatoms. The first kappa shape index (κ1) is 30.9. The summed E-state index contributed by atoms with van der Waals surface area (Å²) < 4.78 is 10.7. The Morgan fingerprint density at radius 1 is 0.684 bits per heavy atom. The molecule has 4 rings (SSSR count). The predicted octanol–water partition coefficient (Wildman–Crippen LogP) is 3.98. The van der Waals surface area contributed by atoms with Crippen LogP contribution in [-0.2, 0) is 13.2 Å². The second-order valence-corrected chi connectivity index (χ2v) is 7.31. The summed E-state index contributed by atoms with van der Waals surface area (Å²) in [4.78, 5) is 50.4. The van der Waals surface area contributed by atoms with Gasteiger partial charge in [0.25, 0.3) is 5.91 Å². The van der Waals surface area contributed by atoms with Crippen molar-refractivity contribution >= 4 is 11.9 Å². The molecule has 0 saturated carbocycles. The number of nitrogens with one attached hydrogen (secondary N) is 2. The number of hydrogen-bond donors (Lipinski definition) is 4. The van der Waals surface area contributed by atoms with Gasteiger partial charge in [0.2, 0.25) is 10.9 Å². The Bertz CT molecular complexity index is 1320. The van der Waals surface area contributed by atoms with Crippen molar-refractivity contribution in [1.29, 1.82) is 0 Å². The van der Waals surface area contributed by atoms with Gasteiger partial charge in [-0.05, 0) is 11.1 Å². The number of H-pyrrole nitrogens is 2. The molecular formula is C28H31N3O7. The van der Waals surface area contributed by atoms with E-state index in [-0.39, 0.29) is 56.4 Å². The predicted molar refractivity (Wildman–Crippen MR) is 145 cm³/mol. The number of ether oxygens (including phenoxy) is 2. The highest BCUT2D eigenvalue weighted by Crippen LogP contribution is 2.13. The summed E-state index contributed by atoms with van der Waals surface area (Å²) in [6.07, 6.45) is 2.64. The van der Waals surface area contributed by atoms with Crippen LogP contribution < -0.4 is 26.1 Å². The minimum atomic E-state index is -1.23. The third-order valence-electron chi connectivity index (χ3n) is 4.74. The number of pyridine rings is 2. The lowest BCUT2D eigenvalue weighted by molar-refractivity contribution is 0.0684. The second kappa shape index (κ2) is 15.1. The summed E-state index contributed by atoms with van der Waals surface area (Å²) >= 11 is 0. The molecule has 1 amide bonds. The number of aromatic nitrogens is 2. The minimum absolute atomic E-state index is 0. The lowest BCUT2D eigenvalue weighted by Crippen LogP contribution is -2.19. The second-order valence-electron chi connectivity index (χ2n) is 7.31. The van der Waals surface area contributed by atoms with Crippen molar-refractivity contribution in [3.8, 4) is 11.5 Å². The first-order valence-electron chi connectivity index (χ1n) is 10.7. The van der Waals surface area contributed by atoms with Gasteiger partial charge in [0.05, 0.1) is 0 Å². The van der Waals surface area contributed by atoms with E-state index in [1.54, 1.807) is 0 Å². The van der Waals surface area contributed by atoms with Crippen LogP contribution in [0.4, 0.5) is 0 Å². The standard InChI is InChI=1S/C13H12N2O3.C13H11NO4.2CH4/c14-13(17)11-12(10(16)6-7-15-11)18-8-9-4-2-1-3-5-9;15-10-6-7-14-11(13(16)17)12(10)18-8-9-4-2-1-3-5-9;;/h1-7H,8H2,(H2,14,17)(H,15,16);1-7H,8H2,(H,14,15)(H,16,17);2*1H4. The minimum Gasteiger partial charge on any atom is -0.483 e. The average Bonchev–Trinajstić information content (AvgIpc) is 2.88. The largest absolute Gasteiger partial charge is 0.483 e. The van der Waals surface area contributed by atoms with Crippen LogP contribution >= 0.6 is 0 Å². The summed E-state index contributed by atoms with van der Waals surface area (Å²) in [5.74, 6) is -2.17. The summed E-state index contributed by atoms with van der Waals surface area (Å²) in [5.41, 5.74) is 5.84. The molecule has 10 nitrogen and oxygen atoms in total. The number of carbonyl (C=O) groups is 2. The van der Waals surface area contributed by atoms with E-state index in [0.29, 0.717) is 0 Å². The summed E-state index contributed by atoms with van der Waals surface area (Å²) in [6, 6.07) is 21.1. The monoisotopic (exact) mass is 521 g/mol. The van der Waals surface area contributed by atoms with E-state index in [0.717, 1.165) is 11.1 Å². The van der Waals surface area contributed by atoms with Crippen LogP contribution in [0.3, 0.4) is 0 Å². The first-order chi connectivity index (χ1) is 17.4. The number of aromatic carboxylic acids is 1. The van der Waals surface area contributed by atoms with E-state index in [9.17, 15) is 19.2 Å². The van der Waals surface area contributed by atoms with Gasteiger partial charge >= 0.3 is 5.97 Å². The third-order valence-corrected chi connectivity index (χ3v) is 4.74. The number of primary amides is 1. The zero-order valence-corrected chi connectivity index (χ0v) is 19.0. The van der Waals surface area contributed by atoms with E-state index < -0.39 is 17.3 Å². The van der Waals surface area contributed by atoms with E-state index in [1.807, 2.05) is 60.7 Å².